The van der Waals surface area contributed by atoms with Gasteiger partial charge in [-0.15, -0.1) is 0 Å². The average Bonchev–Trinajstić information content (AvgIpc) is 2.53. The van der Waals surface area contributed by atoms with Crippen LogP contribution in [-0.4, -0.2) is 37.6 Å². The molecule has 4 heteroatoms. The number of hydrogen-bond donors (Lipinski definition) is 0. The minimum Gasteiger partial charge on any atom is -0.374 e. The number of benzene rings is 1. The molecule has 2 unspecified atom stereocenters. The van der Waals surface area contributed by atoms with E-state index in [1.165, 1.54) is 11.1 Å². The van der Waals surface area contributed by atoms with Crippen molar-refractivity contribution in [2.24, 2.45) is 0 Å². The van der Waals surface area contributed by atoms with Gasteiger partial charge >= 0.3 is 0 Å². The summed E-state index contributed by atoms with van der Waals surface area (Å²) < 4.78 is 23.1. The van der Waals surface area contributed by atoms with Crippen molar-refractivity contribution in [3.05, 3.63) is 35.4 Å². The third-order valence-electron chi connectivity index (χ3n) is 5.48. The van der Waals surface area contributed by atoms with E-state index in [0.29, 0.717) is 26.4 Å². The van der Waals surface area contributed by atoms with Crippen molar-refractivity contribution in [3.63, 3.8) is 0 Å². The van der Waals surface area contributed by atoms with E-state index in [4.69, 9.17) is 18.9 Å². The minimum absolute atomic E-state index is 0.0298. The molecular weight excluding hydrogens is 304 g/mol. The zero-order valence-corrected chi connectivity index (χ0v) is 15.0. The Morgan fingerprint density at radius 1 is 0.875 bits per heavy atom. The first-order chi connectivity index (χ1) is 11.7. The maximum absolute atomic E-state index is 5.89. The van der Waals surface area contributed by atoms with Crippen LogP contribution in [0.25, 0.3) is 0 Å². The number of hydrogen-bond acceptors (Lipinski definition) is 4. The molecule has 134 valence electrons. The first-order valence-corrected chi connectivity index (χ1v) is 9.20. The predicted octanol–water partition coefficient (Wildman–Crippen LogP) is 3.86. The van der Waals surface area contributed by atoms with Crippen LogP contribution in [-0.2, 0) is 32.2 Å². The van der Waals surface area contributed by atoms with Crippen molar-refractivity contribution in [1.82, 2.24) is 0 Å². The summed E-state index contributed by atoms with van der Waals surface area (Å²) in [4.78, 5) is 0. The highest BCUT2D eigenvalue weighted by Gasteiger charge is 2.37. The minimum atomic E-state index is -0.0298. The summed E-state index contributed by atoms with van der Waals surface area (Å²) in [6.07, 6.45) is 4.25. The molecule has 0 amide bonds. The lowest BCUT2D eigenvalue weighted by Crippen LogP contribution is -2.47. The van der Waals surface area contributed by atoms with Crippen LogP contribution in [0.15, 0.2) is 24.3 Å². The predicted molar refractivity (Wildman–Crippen MR) is 92.9 cm³/mol. The molecule has 4 nitrogen and oxygen atoms in total. The molecule has 0 bridgehead atoms. The average molecular weight is 334 g/mol. The fraction of sp³-hybridized carbons (Fsp3) is 0.700. The second-order valence-electron chi connectivity index (χ2n) is 7.08. The smallest absolute Gasteiger partial charge is 0.0934 e. The molecule has 0 aliphatic carbocycles. The Balaban J connectivity index is 1.42. The molecule has 2 aliphatic heterocycles. The van der Waals surface area contributed by atoms with Crippen LogP contribution in [0.3, 0.4) is 0 Å². The summed E-state index contributed by atoms with van der Waals surface area (Å²) in [5, 5.41) is 0. The molecule has 0 radical (unpaired) electrons. The fourth-order valence-corrected chi connectivity index (χ4v) is 3.29. The van der Waals surface area contributed by atoms with E-state index in [1.54, 1.807) is 0 Å². The number of rotatable bonds is 10. The second kappa shape index (κ2) is 7.96. The van der Waals surface area contributed by atoms with Gasteiger partial charge in [-0.3, -0.25) is 0 Å². The lowest BCUT2D eigenvalue weighted by Gasteiger charge is -2.41. The Morgan fingerprint density at radius 3 is 1.67 bits per heavy atom. The van der Waals surface area contributed by atoms with Gasteiger partial charge in [0, 0.05) is 12.8 Å². The van der Waals surface area contributed by atoms with Crippen LogP contribution < -0.4 is 0 Å². The Hall–Kier alpha value is -0.940. The van der Waals surface area contributed by atoms with Crippen LogP contribution in [0, 0.1) is 0 Å². The molecule has 0 aromatic heterocycles. The number of ether oxygens (including phenoxy) is 4. The van der Waals surface area contributed by atoms with E-state index in [2.05, 4.69) is 38.1 Å². The largest absolute Gasteiger partial charge is 0.374 e. The highest BCUT2D eigenvalue weighted by molar-refractivity contribution is 5.22. The van der Waals surface area contributed by atoms with E-state index in [-0.39, 0.29) is 11.2 Å². The van der Waals surface area contributed by atoms with E-state index in [1.807, 2.05) is 0 Å². The highest BCUT2D eigenvalue weighted by atomic mass is 16.6. The van der Waals surface area contributed by atoms with Crippen LogP contribution in [0.2, 0.25) is 0 Å². The Kier molecular flexibility index (Phi) is 5.93. The monoisotopic (exact) mass is 334 g/mol. The van der Waals surface area contributed by atoms with Crippen LogP contribution >= 0.6 is 0 Å². The Bertz CT molecular complexity index is 466. The molecule has 2 heterocycles. The van der Waals surface area contributed by atoms with Crippen molar-refractivity contribution in [3.8, 4) is 0 Å². The Labute approximate surface area is 145 Å². The molecule has 2 atom stereocenters. The quantitative estimate of drug-likeness (QED) is 0.651. The summed E-state index contributed by atoms with van der Waals surface area (Å²) in [5.74, 6) is 0. The van der Waals surface area contributed by atoms with E-state index in [9.17, 15) is 0 Å². The lowest BCUT2D eigenvalue weighted by molar-refractivity contribution is -0.184. The third kappa shape index (κ3) is 4.17. The summed E-state index contributed by atoms with van der Waals surface area (Å²) in [5.41, 5.74) is 2.31. The molecule has 1 aromatic carbocycles. The summed E-state index contributed by atoms with van der Waals surface area (Å²) >= 11 is 0. The zero-order valence-electron chi connectivity index (χ0n) is 15.0. The topological polar surface area (TPSA) is 36.9 Å². The van der Waals surface area contributed by atoms with Gasteiger partial charge in [-0.1, -0.05) is 38.1 Å². The van der Waals surface area contributed by atoms with Gasteiger partial charge in [0.05, 0.1) is 50.8 Å². The Morgan fingerprint density at radius 2 is 1.33 bits per heavy atom. The van der Waals surface area contributed by atoms with Crippen molar-refractivity contribution in [1.29, 1.82) is 0 Å². The first kappa shape index (κ1) is 17.9. The van der Waals surface area contributed by atoms with Gasteiger partial charge in [-0.05, 0) is 24.0 Å². The second-order valence-corrected chi connectivity index (χ2v) is 7.08. The molecule has 0 saturated carbocycles. The van der Waals surface area contributed by atoms with Crippen LogP contribution in [0.5, 0.6) is 0 Å². The summed E-state index contributed by atoms with van der Waals surface area (Å²) in [6.45, 7) is 8.67. The molecule has 1 aromatic rings. The van der Waals surface area contributed by atoms with Crippen molar-refractivity contribution >= 4 is 0 Å². The van der Waals surface area contributed by atoms with Gasteiger partial charge in [-0.25, -0.2) is 0 Å². The zero-order chi connectivity index (χ0) is 16.9. The molecule has 3 rings (SSSR count). The summed E-state index contributed by atoms with van der Waals surface area (Å²) in [7, 11) is 0. The SMILES string of the molecule is CCC1(COCc2cccc(COCC3(CC)CCO3)c2)CCO1. The van der Waals surface area contributed by atoms with Gasteiger partial charge < -0.3 is 18.9 Å². The van der Waals surface area contributed by atoms with Crippen molar-refractivity contribution < 1.29 is 18.9 Å². The molecule has 0 spiro atoms. The van der Waals surface area contributed by atoms with Gasteiger partial charge in [0.2, 0.25) is 0 Å². The molecule has 2 aliphatic rings. The third-order valence-corrected chi connectivity index (χ3v) is 5.48. The highest BCUT2D eigenvalue weighted by Crippen LogP contribution is 2.31. The van der Waals surface area contributed by atoms with Gasteiger partial charge in [-0.2, -0.15) is 0 Å². The van der Waals surface area contributed by atoms with E-state index < -0.39 is 0 Å². The maximum atomic E-state index is 5.89. The summed E-state index contributed by atoms with van der Waals surface area (Å²) in [6, 6.07) is 8.45. The van der Waals surface area contributed by atoms with Crippen LogP contribution in [0.4, 0.5) is 0 Å². The van der Waals surface area contributed by atoms with Gasteiger partial charge in [0.25, 0.3) is 0 Å². The fourth-order valence-electron chi connectivity index (χ4n) is 3.29. The van der Waals surface area contributed by atoms with Gasteiger partial charge in [0.1, 0.15) is 0 Å². The van der Waals surface area contributed by atoms with Gasteiger partial charge in [0.15, 0.2) is 0 Å². The van der Waals surface area contributed by atoms with Crippen molar-refractivity contribution in [2.45, 2.75) is 63.9 Å². The van der Waals surface area contributed by atoms with E-state index >= 15 is 0 Å². The molecule has 0 N–H and O–H groups in total. The molecule has 24 heavy (non-hydrogen) atoms. The molecule has 2 fully saturated rings. The molecule has 2 saturated heterocycles. The van der Waals surface area contributed by atoms with Crippen LogP contribution in [0.1, 0.15) is 50.7 Å². The van der Waals surface area contributed by atoms with Crippen molar-refractivity contribution in [2.75, 3.05) is 26.4 Å². The normalized spacial score (nSPS) is 29.1. The lowest BCUT2D eigenvalue weighted by atomic mass is 9.93. The maximum Gasteiger partial charge on any atom is 0.0934 e. The van der Waals surface area contributed by atoms with E-state index in [0.717, 1.165) is 38.9 Å². The standard InChI is InChI=1S/C20H30O4/c1-3-19(8-10-23-19)15-21-13-17-6-5-7-18(12-17)14-22-16-20(4-2)9-11-24-20/h5-7,12H,3-4,8-11,13-16H2,1-2H3. The molecular formula is C20H30O4. The first-order valence-electron chi connectivity index (χ1n) is 9.20.